The summed E-state index contributed by atoms with van der Waals surface area (Å²) in [6, 6.07) is 0.000156. The topological polar surface area (TPSA) is 57.6 Å². The Balaban J connectivity index is 4.29. The molecule has 0 saturated carbocycles. The van der Waals surface area contributed by atoms with Crippen LogP contribution in [0.4, 0.5) is 0 Å². The third-order valence-corrected chi connectivity index (χ3v) is 5.25. The molecule has 0 bridgehead atoms. The molecule has 1 unspecified atom stereocenters. The van der Waals surface area contributed by atoms with Gasteiger partial charge in [-0.25, -0.2) is 8.42 Å². The monoisotopic (exact) mass is 237 g/mol. The van der Waals surface area contributed by atoms with Crippen LogP contribution in [0.15, 0.2) is 0 Å². The van der Waals surface area contributed by atoms with Gasteiger partial charge in [-0.15, -0.1) is 0 Å². The molecule has 92 valence electrons. The maximum absolute atomic E-state index is 11.8. The first-order valence-electron chi connectivity index (χ1n) is 5.15. The second kappa shape index (κ2) is 5.27. The number of likely N-dealkylation sites (N-methyl/N-ethyl adjacent to an activating group) is 1. The molecule has 0 aliphatic carbocycles. The van der Waals surface area contributed by atoms with Crippen molar-refractivity contribution in [2.24, 2.45) is 0 Å². The van der Waals surface area contributed by atoms with E-state index in [-0.39, 0.29) is 18.4 Å². The van der Waals surface area contributed by atoms with Crippen molar-refractivity contribution in [2.75, 3.05) is 26.0 Å². The Morgan fingerprint density at radius 1 is 1.33 bits per heavy atom. The van der Waals surface area contributed by atoms with E-state index in [4.69, 9.17) is 5.11 Å². The SMILES string of the molecule is CC(CO)N(C)CCS(=O)(=O)C(C)(C)C. The fourth-order valence-electron chi connectivity index (χ4n) is 0.930. The molecule has 1 atom stereocenters. The van der Waals surface area contributed by atoms with Gasteiger partial charge in [0.25, 0.3) is 0 Å². The highest BCUT2D eigenvalue weighted by molar-refractivity contribution is 7.92. The van der Waals surface area contributed by atoms with Crippen LogP contribution < -0.4 is 0 Å². The molecule has 15 heavy (non-hydrogen) atoms. The predicted octanol–water partition coefficient (Wildman–Crippen LogP) is 0.512. The van der Waals surface area contributed by atoms with Gasteiger partial charge in [-0.05, 0) is 34.7 Å². The Morgan fingerprint density at radius 2 is 1.80 bits per heavy atom. The summed E-state index contributed by atoms with van der Waals surface area (Å²) in [6.45, 7) is 7.49. The van der Waals surface area contributed by atoms with Gasteiger partial charge in [0.15, 0.2) is 9.84 Å². The lowest BCUT2D eigenvalue weighted by atomic mass is 10.3. The van der Waals surface area contributed by atoms with Gasteiger partial charge in [-0.2, -0.15) is 0 Å². The zero-order chi connectivity index (χ0) is 12.3. The average molecular weight is 237 g/mol. The Labute approximate surface area is 93.2 Å². The van der Waals surface area contributed by atoms with Gasteiger partial charge in [0.1, 0.15) is 0 Å². The first kappa shape index (κ1) is 14.9. The zero-order valence-electron chi connectivity index (χ0n) is 10.3. The summed E-state index contributed by atoms with van der Waals surface area (Å²) in [5.41, 5.74) is 0. The number of aliphatic hydroxyl groups is 1. The molecular formula is C10H23NO3S. The van der Waals surface area contributed by atoms with Crippen molar-refractivity contribution in [2.45, 2.75) is 38.5 Å². The maximum Gasteiger partial charge on any atom is 0.156 e. The number of aliphatic hydroxyl groups excluding tert-OH is 1. The Morgan fingerprint density at radius 3 is 2.13 bits per heavy atom. The van der Waals surface area contributed by atoms with E-state index in [0.717, 1.165) is 0 Å². The number of nitrogens with zero attached hydrogens (tertiary/aromatic N) is 1. The van der Waals surface area contributed by atoms with Crippen LogP contribution >= 0.6 is 0 Å². The van der Waals surface area contributed by atoms with E-state index in [0.29, 0.717) is 6.54 Å². The molecule has 0 spiro atoms. The highest BCUT2D eigenvalue weighted by Gasteiger charge is 2.28. The second-order valence-corrected chi connectivity index (χ2v) is 7.81. The molecule has 0 fully saturated rings. The van der Waals surface area contributed by atoms with Gasteiger partial charge in [-0.3, -0.25) is 0 Å². The van der Waals surface area contributed by atoms with Crippen LogP contribution in [0.1, 0.15) is 27.7 Å². The van der Waals surface area contributed by atoms with Gasteiger partial charge in [0, 0.05) is 12.6 Å². The Hall–Kier alpha value is -0.130. The molecule has 5 heteroatoms. The number of hydrogen-bond acceptors (Lipinski definition) is 4. The van der Waals surface area contributed by atoms with Crippen LogP contribution in [0, 0.1) is 0 Å². The summed E-state index contributed by atoms with van der Waals surface area (Å²) in [6.07, 6.45) is 0. The molecule has 1 N–H and O–H groups in total. The molecular weight excluding hydrogens is 214 g/mol. The highest BCUT2D eigenvalue weighted by atomic mass is 32.2. The van der Waals surface area contributed by atoms with Crippen molar-refractivity contribution in [3.63, 3.8) is 0 Å². The molecule has 4 nitrogen and oxygen atoms in total. The lowest BCUT2D eigenvalue weighted by molar-refractivity contribution is 0.165. The number of hydrogen-bond donors (Lipinski definition) is 1. The van der Waals surface area contributed by atoms with Gasteiger partial charge in [-0.1, -0.05) is 0 Å². The first-order chi connectivity index (χ1) is 6.62. The third-order valence-electron chi connectivity index (χ3n) is 2.66. The second-order valence-electron chi connectivity index (χ2n) is 4.94. The molecule has 0 aliphatic heterocycles. The van der Waals surface area contributed by atoms with Crippen molar-refractivity contribution in [1.82, 2.24) is 4.90 Å². The minimum atomic E-state index is -3.06. The van der Waals surface area contributed by atoms with Gasteiger partial charge in [0.2, 0.25) is 0 Å². The van der Waals surface area contributed by atoms with Gasteiger partial charge >= 0.3 is 0 Å². The van der Waals surface area contributed by atoms with E-state index in [1.165, 1.54) is 0 Å². The quantitative estimate of drug-likeness (QED) is 0.757. The maximum atomic E-state index is 11.8. The molecule has 0 radical (unpaired) electrons. The molecule has 0 aromatic rings. The highest BCUT2D eigenvalue weighted by Crippen LogP contribution is 2.15. The lowest BCUT2D eigenvalue weighted by Crippen LogP contribution is -2.39. The summed E-state index contributed by atoms with van der Waals surface area (Å²) >= 11 is 0. The van der Waals surface area contributed by atoms with Crippen LogP contribution in [0.5, 0.6) is 0 Å². The van der Waals surface area contributed by atoms with Gasteiger partial charge in [0.05, 0.1) is 17.1 Å². The average Bonchev–Trinajstić information content (AvgIpc) is 2.11. The molecule has 0 amide bonds. The lowest BCUT2D eigenvalue weighted by Gasteiger charge is -2.25. The standard InChI is InChI=1S/C10H23NO3S/c1-9(8-12)11(5)6-7-15(13,14)10(2,3)4/h9,12H,6-8H2,1-5H3. The summed E-state index contributed by atoms with van der Waals surface area (Å²) in [5, 5.41) is 8.90. The summed E-state index contributed by atoms with van der Waals surface area (Å²) in [7, 11) is -1.24. The molecule has 0 aromatic carbocycles. The van der Waals surface area contributed by atoms with Crippen LogP contribution in [0.25, 0.3) is 0 Å². The molecule has 0 aromatic heterocycles. The van der Waals surface area contributed by atoms with Crippen molar-refractivity contribution < 1.29 is 13.5 Å². The van der Waals surface area contributed by atoms with E-state index in [1.807, 2.05) is 18.9 Å². The van der Waals surface area contributed by atoms with Crippen LogP contribution in [-0.4, -0.2) is 55.2 Å². The minimum Gasteiger partial charge on any atom is -0.395 e. The van der Waals surface area contributed by atoms with E-state index in [1.54, 1.807) is 20.8 Å². The van der Waals surface area contributed by atoms with E-state index >= 15 is 0 Å². The van der Waals surface area contributed by atoms with E-state index < -0.39 is 14.6 Å². The smallest absolute Gasteiger partial charge is 0.156 e. The molecule has 0 aliphatic rings. The largest absolute Gasteiger partial charge is 0.395 e. The van der Waals surface area contributed by atoms with Gasteiger partial charge < -0.3 is 10.0 Å². The van der Waals surface area contributed by atoms with E-state index in [9.17, 15) is 8.42 Å². The molecule has 0 heterocycles. The van der Waals surface area contributed by atoms with Crippen molar-refractivity contribution in [3.8, 4) is 0 Å². The number of sulfone groups is 1. The number of rotatable bonds is 5. The minimum absolute atomic E-state index is 0.000156. The third kappa shape index (κ3) is 4.49. The van der Waals surface area contributed by atoms with Crippen molar-refractivity contribution in [3.05, 3.63) is 0 Å². The summed E-state index contributed by atoms with van der Waals surface area (Å²) < 4.78 is 22.9. The van der Waals surface area contributed by atoms with Crippen LogP contribution in [-0.2, 0) is 9.84 Å². The summed E-state index contributed by atoms with van der Waals surface area (Å²) in [5.74, 6) is 0.136. The Kier molecular flexibility index (Phi) is 5.23. The first-order valence-corrected chi connectivity index (χ1v) is 6.80. The summed E-state index contributed by atoms with van der Waals surface area (Å²) in [4.78, 5) is 1.85. The van der Waals surface area contributed by atoms with Crippen LogP contribution in [0.3, 0.4) is 0 Å². The fraction of sp³-hybridized carbons (Fsp3) is 1.00. The van der Waals surface area contributed by atoms with E-state index in [2.05, 4.69) is 0 Å². The van der Waals surface area contributed by atoms with Crippen molar-refractivity contribution >= 4 is 9.84 Å². The predicted molar refractivity (Wildman–Crippen MR) is 62.7 cm³/mol. The normalized spacial score (nSPS) is 15.7. The molecule has 0 rings (SSSR count). The zero-order valence-corrected chi connectivity index (χ0v) is 11.1. The Bertz CT molecular complexity index is 280. The molecule has 0 saturated heterocycles. The van der Waals surface area contributed by atoms with Crippen molar-refractivity contribution in [1.29, 1.82) is 0 Å². The fourth-order valence-corrected chi connectivity index (χ4v) is 2.07. The van der Waals surface area contributed by atoms with Crippen LogP contribution in [0.2, 0.25) is 0 Å².